The molecule has 1 aliphatic heterocycles. The monoisotopic (exact) mass is 346 g/mol. The van der Waals surface area contributed by atoms with E-state index in [2.05, 4.69) is 4.74 Å². The SMILES string of the molecule is Cl.NC1CCN(S(=O)(=O)c2ccccc2OC(F)(F)F)C1. The summed E-state index contributed by atoms with van der Waals surface area (Å²) in [6.45, 7) is 0.270. The Balaban J connectivity index is 0.00000220. The van der Waals surface area contributed by atoms with Crippen molar-refractivity contribution in [3.05, 3.63) is 24.3 Å². The van der Waals surface area contributed by atoms with Crippen LogP contribution >= 0.6 is 12.4 Å². The van der Waals surface area contributed by atoms with Crippen LogP contribution in [0.2, 0.25) is 0 Å². The van der Waals surface area contributed by atoms with Gasteiger partial charge in [-0.1, -0.05) is 12.1 Å². The molecule has 1 aromatic carbocycles. The average molecular weight is 347 g/mol. The summed E-state index contributed by atoms with van der Waals surface area (Å²) in [5.74, 6) is -0.736. The summed E-state index contributed by atoms with van der Waals surface area (Å²) >= 11 is 0. The molecule has 2 N–H and O–H groups in total. The number of hydrogen-bond acceptors (Lipinski definition) is 4. The van der Waals surface area contributed by atoms with Gasteiger partial charge in [-0.15, -0.1) is 25.6 Å². The van der Waals surface area contributed by atoms with Crippen LogP contribution in [0.5, 0.6) is 5.75 Å². The summed E-state index contributed by atoms with van der Waals surface area (Å²) in [6.07, 6.45) is -4.48. The summed E-state index contributed by atoms with van der Waals surface area (Å²) in [6, 6.07) is 4.36. The summed E-state index contributed by atoms with van der Waals surface area (Å²) in [4.78, 5) is -0.508. The van der Waals surface area contributed by atoms with Crippen LogP contribution in [0, 0.1) is 0 Å². The number of sulfonamides is 1. The van der Waals surface area contributed by atoms with Gasteiger partial charge in [-0.3, -0.25) is 0 Å². The highest BCUT2D eigenvalue weighted by molar-refractivity contribution is 7.89. The number of nitrogens with two attached hydrogens (primary N) is 1. The van der Waals surface area contributed by atoms with Crippen LogP contribution in [-0.2, 0) is 10.0 Å². The zero-order chi connectivity index (χ0) is 15.0. The standard InChI is InChI=1S/C11H13F3N2O3S.ClH/c12-11(13,14)19-9-3-1-2-4-10(9)20(17,18)16-6-5-8(15)7-16;/h1-4,8H,5-7,15H2;1H. The minimum Gasteiger partial charge on any atom is -0.404 e. The third kappa shape index (κ3) is 4.22. The van der Waals surface area contributed by atoms with Gasteiger partial charge in [0, 0.05) is 19.1 Å². The molecular formula is C11H14ClF3N2O3S. The Bertz CT molecular complexity index is 595. The van der Waals surface area contributed by atoms with Crippen molar-refractivity contribution in [2.24, 2.45) is 5.73 Å². The maximum atomic E-state index is 12.3. The molecule has 1 heterocycles. The van der Waals surface area contributed by atoms with Crippen LogP contribution in [0.4, 0.5) is 13.2 Å². The van der Waals surface area contributed by atoms with Gasteiger partial charge in [-0.05, 0) is 18.6 Å². The number of benzene rings is 1. The van der Waals surface area contributed by atoms with E-state index in [1.54, 1.807) is 0 Å². The molecule has 0 aliphatic carbocycles. The van der Waals surface area contributed by atoms with Crippen LogP contribution in [0.1, 0.15) is 6.42 Å². The number of alkyl halides is 3. The molecule has 10 heteroatoms. The first kappa shape index (κ1) is 18.0. The molecule has 5 nitrogen and oxygen atoms in total. The number of ether oxygens (including phenoxy) is 1. The van der Waals surface area contributed by atoms with Gasteiger partial charge >= 0.3 is 6.36 Å². The molecule has 1 unspecified atom stereocenters. The Morgan fingerprint density at radius 3 is 2.43 bits per heavy atom. The van der Waals surface area contributed by atoms with Gasteiger partial charge in [-0.2, -0.15) is 4.31 Å². The molecule has 0 aromatic heterocycles. The molecule has 1 saturated heterocycles. The second-order valence-electron chi connectivity index (χ2n) is 4.41. The van der Waals surface area contributed by atoms with Gasteiger partial charge in [0.15, 0.2) is 0 Å². The normalized spacial score (nSPS) is 20.1. The third-order valence-corrected chi connectivity index (χ3v) is 4.78. The van der Waals surface area contributed by atoms with E-state index in [-0.39, 0.29) is 31.5 Å². The Labute approximate surface area is 126 Å². The zero-order valence-electron chi connectivity index (χ0n) is 10.7. The molecule has 0 spiro atoms. The van der Waals surface area contributed by atoms with E-state index in [4.69, 9.17) is 5.73 Å². The summed E-state index contributed by atoms with van der Waals surface area (Å²) < 4.78 is 66.3. The summed E-state index contributed by atoms with van der Waals surface area (Å²) in [7, 11) is -4.05. The van der Waals surface area contributed by atoms with E-state index in [1.807, 2.05) is 0 Å². The van der Waals surface area contributed by atoms with Crippen molar-refractivity contribution in [2.75, 3.05) is 13.1 Å². The molecule has 0 bridgehead atoms. The van der Waals surface area contributed by atoms with Crippen molar-refractivity contribution in [2.45, 2.75) is 23.7 Å². The Morgan fingerprint density at radius 1 is 1.29 bits per heavy atom. The van der Waals surface area contributed by atoms with E-state index in [0.717, 1.165) is 16.4 Å². The Hall–Kier alpha value is -1.03. The molecule has 21 heavy (non-hydrogen) atoms. The van der Waals surface area contributed by atoms with E-state index < -0.39 is 27.0 Å². The van der Waals surface area contributed by atoms with E-state index >= 15 is 0 Å². The lowest BCUT2D eigenvalue weighted by Gasteiger charge is -2.19. The van der Waals surface area contributed by atoms with Crippen molar-refractivity contribution >= 4 is 22.4 Å². The number of para-hydroxylation sites is 1. The fraction of sp³-hybridized carbons (Fsp3) is 0.455. The van der Waals surface area contributed by atoms with Gasteiger partial charge in [0.2, 0.25) is 10.0 Å². The van der Waals surface area contributed by atoms with Gasteiger partial charge in [0.25, 0.3) is 0 Å². The first-order valence-corrected chi connectivity index (χ1v) is 7.24. The molecule has 120 valence electrons. The van der Waals surface area contributed by atoms with Crippen molar-refractivity contribution in [3.63, 3.8) is 0 Å². The number of hydrogen-bond donors (Lipinski definition) is 1. The van der Waals surface area contributed by atoms with Crippen LogP contribution in [0.15, 0.2) is 29.2 Å². The fourth-order valence-electron chi connectivity index (χ4n) is 1.98. The molecule has 0 radical (unpaired) electrons. The Morgan fingerprint density at radius 2 is 1.90 bits per heavy atom. The fourth-order valence-corrected chi connectivity index (χ4v) is 3.61. The topological polar surface area (TPSA) is 72.6 Å². The molecule has 2 rings (SSSR count). The quantitative estimate of drug-likeness (QED) is 0.904. The first-order chi connectivity index (χ1) is 9.20. The van der Waals surface area contributed by atoms with Gasteiger partial charge in [-0.25, -0.2) is 8.42 Å². The predicted molar refractivity (Wildman–Crippen MR) is 71.7 cm³/mol. The maximum absolute atomic E-state index is 12.3. The zero-order valence-corrected chi connectivity index (χ0v) is 12.3. The molecule has 1 atom stereocenters. The van der Waals surface area contributed by atoms with Crippen LogP contribution < -0.4 is 10.5 Å². The lowest BCUT2D eigenvalue weighted by molar-refractivity contribution is -0.275. The largest absolute Gasteiger partial charge is 0.573 e. The van der Waals surface area contributed by atoms with Crippen molar-refractivity contribution in [1.82, 2.24) is 4.31 Å². The number of nitrogens with zero attached hydrogens (tertiary/aromatic N) is 1. The van der Waals surface area contributed by atoms with Crippen molar-refractivity contribution in [3.8, 4) is 5.75 Å². The van der Waals surface area contributed by atoms with Crippen molar-refractivity contribution in [1.29, 1.82) is 0 Å². The molecular weight excluding hydrogens is 333 g/mol. The second-order valence-corrected chi connectivity index (χ2v) is 6.31. The predicted octanol–water partition coefficient (Wildman–Crippen LogP) is 1.73. The lowest BCUT2D eigenvalue weighted by atomic mass is 10.3. The smallest absolute Gasteiger partial charge is 0.404 e. The average Bonchev–Trinajstić information content (AvgIpc) is 2.75. The first-order valence-electron chi connectivity index (χ1n) is 5.80. The third-order valence-electron chi connectivity index (χ3n) is 2.88. The molecule has 0 amide bonds. The van der Waals surface area contributed by atoms with Crippen LogP contribution in [-0.4, -0.2) is 38.2 Å². The van der Waals surface area contributed by atoms with E-state index in [1.165, 1.54) is 12.1 Å². The maximum Gasteiger partial charge on any atom is 0.573 e. The molecule has 0 saturated carbocycles. The number of rotatable bonds is 3. The van der Waals surface area contributed by atoms with E-state index in [0.29, 0.717) is 6.42 Å². The van der Waals surface area contributed by atoms with Gasteiger partial charge in [0.1, 0.15) is 10.6 Å². The van der Waals surface area contributed by atoms with Gasteiger partial charge < -0.3 is 10.5 Å². The summed E-state index contributed by atoms with van der Waals surface area (Å²) in [5.41, 5.74) is 5.62. The molecule has 1 aromatic rings. The highest BCUT2D eigenvalue weighted by Gasteiger charge is 2.37. The lowest BCUT2D eigenvalue weighted by Crippen LogP contribution is -2.32. The minimum atomic E-state index is -4.95. The van der Waals surface area contributed by atoms with Crippen LogP contribution in [0.25, 0.3) is 0 Å². The minimum absolute atomic E-state index is 0. The van der Waals surface area contributed by atoms with E-state index in [9.17, 15) is 21.6 Å². The highest BCUT2D eigenvalue weighted by Crippen LogP contribution is 2.32. The Kier molecular flexibility index (Phi) is 5.48. The molecule has 1 aliphatic rings. The number of halogens is 4. The van der Waals surface area contributed by atoms with Gasteiger partial charge in [0.05, 0.1) is 0 Å². The second kappa shape index (κ2) is 6.39. The molecule has 1 fully saturated rings. The van der Waals surface area contributed by atoms with Crippen molar-refractivity contribution < 1.29 is 26.3 Å². The summed E-state index contributed by atoms with van der Waals surface area (Å²) in [5, 5.41) is 0. The van der Waals surface area contributed by atoms with Crippen LogP contribution in [0.3, 0.4) is 0 Å². The highest BCUT2D eigenvalue weighted by atomic mass is 35.5.